The average molecular weight is 373 g/mol. The molecule has 0 spiro atoms. The molecule has 0 radical (unpaired) electrons. The van der Waals surface area contributed by atoms with Gasteiger partial charge in [-0.05, 0) is 41.9 Å². The van der Waals surface area contributed by atoms with Crippen molar-refractivity contribution < 1.29 is 14.3 Å². The summed E-state index contributed by atoms with van der Waals surface area (Å²) in [6.07, 6.45) is 0. The molecule has 1 heterocycles. The molecule has 3 aromatic rings. The van der Waals surface area contributed by atoms with E-state index in [0.29, 0.717) is 17.1 Å². The molecule has 0 aliphatic rings. The van der Waals surface area contributed by atoms with Crippen LogP contribution in [0.25, 0.3) is 10.9 Å². The van der Waals surface area contributed by atoms with Gasteiger partial charge in [-0.25, -0.2) is 0 Å². The predicted octanol–water partition coefficient (Wildman–Crippen LogP) is 3.44. The fraction of sp³-hybridized carbons (Fsp3) is 0.118. The minimum absolute atomic E-state index is 0.187. The van der Waals surface area contributed by atoms with Crippen LogP contribution in [0.2, 0.25) is 0 Å². The molecule has 1 aromatic heterocycles. The Morgan fingerprint density at radius 1 is 1.16 bits per heavy atom. The lowest BCUT2D eigenvalue weighted by Gasteiger charge is -2.11. The van der Waals surface area contributed by atoms with Crippen molar-refractivity contribution in [1.82, 2.24) is 9.69 Å². The maximum Gasteiger partial charge on any atom is 0.257 e. The van der Waals surface area contributed by atoms with Crippen molar-refractivity contribution in [3.8, 4) is 11.5 Å². The van der Waals surface area contributed by atoms with Crippen molar-refractivity contribution >= 4 is 51.4 Å². The number of thiocarbonyl (C=S) groups is 1. The Balaban J connectivity index is 1.74. The molecule has 0 saturated carbocycles. The first kappa shape index (κ1) is 17.1. The van der Waals surface area contributed by atoms with Gasteiger partial charge in [0.15, 0.2) is 5.11 Å². The molecule has 1 amide bonds. The average Bonchev–Trinajstić information content (AvgIpc) is 3.11. The summed E-state index contributed by atoms with van der Waals surface area (Å²) in [6, 6.07) is 10.6. The van der Waals surface area contributed by atoms with Gasteiger partial charge in [0.2, 0.25) is 0 Å². The Bertz CT molecular complexity index is 918. The fourth-order valence-electron chi connectivity index (χ4n) is 2.26. The number of anilines is 1. The maximum absolute atomic E-state index is 12.4. The molecule has 2 N–H and O–H groups in total. The molecule has 0 fully saturated rings. The largest absolute Gasteiger partial charge is 0.497 e. The highest BCUT2D eigenvalue weighted by Crippen LogP contribution is 2.24. The van der Waals surface area contributed by atoms with Crippen LogP contribution in [0.4, 0.5) is 5.69 Å². The fourth-order valence-corrected chi connectivity index (χ4v) is 3.13. The number of amides is 1. The number of carbonyl (C=O) groups is 1. The van der Waals surface area contributed by atoms with Gasteiger partial charge in [-0.15, -0.1) is 0 Å². The molecule has 2 aromatic carbocycles. The molecule has 128 valence electrons. The SMILES string of the molecule is COc1cc(OC)cc(C(=O)NC(=S)Nc2cccc3csnc23)c1. The van der Waals surface area contributed by atoms with E-state index in [0.717, 1.165) is 16.6 Å². The van der Waals surface area contributed by atoms with E-state index in [1.807, 2.05) is 23.6 Å². The standard InChI is InChI=1S/C17H15N3O3S2/c1-22-12-6-11(7-13(8-12)23-2)16(21)19-17(24)18-14-5-3-4-10-9-25-20-15(10)14/h3-9H,1-2H3,(H2,18,19,21,24). The lowest BCUT2D eigenvalue weighted by atomic mass is 10.2. The van der Waals surface area contributed by atoms with Crippen LogP contribution >= 0.6 is 23.8 Å². The van der Waals surface area contributed by atoms with Crippen LogP contribution in [-0.4, -0.2) is 29.6 Å². The van der Waals surface area contributed by atoms with Crippen LogP contribution < -0.4 is 20.1 Å². The molecule has 0 atom stereocenters. The van der Waals surface area contributed by atoms with Crippen LogP contribution in [0.1, 0.15) is 10.4 Å². The number of carbonyl (C=O) groups excluding carboxylic acids is 1. The van der Waals surface area contributed by atoms with E-state index in [2.05, 4.69) is 15.0 Å². The van der Waals surface area contributed by atoms with Gasteiger partial charge in [0.1, 0.15) is 17.0 Å². The van der Waals surface area contributed by atoms with Crippen molar-refractivity contribution in [2.45, 2.75) is 0 Å². The minimum atomic E-state index is -0.361. The van der Waals surface area contributed by atoms with Crippen LogP contribution in [0.5, 0.6) is 11.5 Å². The lowest BCUT2D eigenvalue weighted by Crippen LogP contribution is -2.34. The Labute approximate surface area is 153 Å². The minimum Gasteiger partial charge on any atom is -0.497 e. The summed E-state index contributed by atoms with van der Waals surface area (Å²) in [4.78, 5) is 12.4. The van der Waals surface area contributed by atoms with Gasteiger partial charge >= 0.3 is 0 Å². The normalized spacial score (nSPS) is 10.3. The van der Waals surface area contributed by atoms with E-state index in [9.17, 15) is 4.79 Å². The Kier molecular flexibility index (Phi) is 5.11. The first-order chi connectivity index (χ1) is 12.1. The monoisotopic (exact) mass is 373 g/mol. The smallest absolute Gasteiger partial charge is 0.257 e. The van der Waals surface area contributed by atoms with E-state index in [1.54, 1.807) is 18.2 Å². The Hall–Kier alpha value is -2.71. The molecule has 8 heteroatoms. The van der Waals surface area contributed by atoms with E-state index in [-0.39, 0.29) is 11.0 Å². The third kappa shape index (κ3) is 3.86. The third-order valence-corrected chi connectivity index (χ3v) is 4.33. The van der Waals surface area contributed by atoms with Crippen LogP contribution in [0, 0.1) is 0 Å². The number of nitrogens with zero attached hydrogens (tertiary/aromatic N) is 1. The van der Waals surface area contributed by atoms with Crippen molar-refractivity contribution in [3.63, 3.8) is 0 Å². The molecule has 0 aliphatic heterocycles. The van der Waals surface area contributed by atoms with Crippen molar-refractivity contribution in [3.05, 3.63) is 47.3 Å². The molecule has 25 heavy (non-hydrogen) atoms. The zero-order chi connectivity index (χ0) is 17.8. The second-order valence-electron chi connectivity index (χ2n) is 5.07. The van der Waals surface area contributed by atoms with Crippen molar-refractivity contribution in [2.24, 2.45) is 0 Å². The third-order valence-electron chi connectivity index (χ3n) is 3.48. The molecular weight excluding hydrogens is 358 g/mol. The zero-order valence-electron chi connectivity index (χ0n) is 13.5. The topological polar surface area (TPSA) is 72.5 Å². The summed E-state index contributed by atoms with van der Waals surface area (Å²) in [7, 11) is 3.05. The second kappa shape index (κ2) is 7.45. The summed E-state index contributed by atoms with van der Waals surface area (Å²) in [6.45, 7) is 0. The molecule has 0 aliphatic carbocycles. The molecular formula is C17H15N3O3S2. The van der Waals surface area contributed by atoms with Gasteiger partial charge < -0.3 is 14.8 Å². The Morgan fingerprint density at radius 3 is 2.56 bits per heavy atom. The summed E-state index contributed by atoms with van der Waals surface area (Å²) in [5.74, 6) is 0.686. The highest BCUT2D eigenvalue weighted by molar-refractivity contribution is 7.80. The summed E-state index contributed by atoms with van der Waals surface area (Å²) in [5.41, 5.74) is 1.94. The predicted molar refractivity (Wildman–Crippen MR) is 103 cm³/mol. The van der Waals surface area contributed by atoms with Crippen molar-refractivity contribution in [1.29, 1.82) is 0 Å². The molecule has 0 saturated heterocycles. The van der Waals surface area contributed by atoms with Crippen LogP contribution in [0.15, 0.2) is 41.8 Å². The summed E-state index contributed by atoms with van der Waals surface area (Å²) >= 11 is 6.61. The second-order valence-corrected chi connectivity index (χ2v) is 6.10. The highest BCUT2D eigenvalue weighted by Gasteiger charge is 2.12. The molecule has 6 nitrogen and oxygen atoms in total. The number of fused-ring (bicyclic) bond motifs is 1. The first-order valence-electron chi connectivity index (χ1n) is 7.29. The maximum atomic E-state index is 12.4. The number of methoxy groups -OCH3 is 2. The molecule has 0 bridgehead atoms. The number of benzene rings is 2. The number of hydrogen-bond donors (Lipinski definition) is 2. The van der Waals surface area contributed by atoms with Crippen LogP contribution in [-0.2, 0) is 0 Å². The van der Waals surface area contributed by atoms with Crippen LogP contribution in [0.3, 0.4) is 0 Å². The van der Waals surface area contributed by atoms with E-state index in [1.165, 1.54) is 25.8 Å². The van der Waals surface area contributed by atoms with Gasteiger partial charge in [-0.1, -0.05) is 12.1 Å². The zero-order valence-corrected chi connectivity index (χ0v) is 15.2. The molecule has 3 rings (SSSR count). The van der Waals surface area contributed by atoms with Gasteiger partial charge in [0.05, 0.1) is 19.9 Å². The number of hydrogen-bond acceptors (Lipinski definition) is 6. The first-order valence-corrected chi connectivity index (χ1v) is 8.53. The highest BCUT2D eigenvalue weighted by atomic mass is 32.1. The lowest BCUT2D eigenvalue weighted by molar-refractivity contribution is 0.0977. The van der Waals surface area contributed by atoms with E-state index in [4.69, 9.17) is 21.7 Å². The number of rotatable bonds is 4. The Morgan fingerprint density at radius 2 is 1.88 bits per heavy atom. The molecule has 0 unspecified atom stereocenters. The van der Waals surface area contributed by atoms with Gasteiger partial charge in [-0.3, -0.25) is 10.1 Å². The number of ether oxygens (including phenoxy) is 2. The number of aromatic nitrogens is 1. The van der Waals surface area contributed by atoms with E-state index < -0.39 is 0 Å². The summed E-state index contributed by atoms with van der Waals surface area (Å²) < 4.78 is 14.7. The summed E-state index contributed by atoms with van der Waals surface area (Å²) in [5, 5.41) is 8.81. The quantitative estimate of drug-likeness (QED) is 0.683. The van der Waals surface area contributed by atoms with Crippen molar-refractivity contribution in [2.75, 3.05) is 19.5 Å². The number of nitrogens with one attached hydrogen (secondary N) is 2. The van der Waals surface area contributed by atoms with Gasteiger partial charge in [0, 0.05) is 22.4 Å². The van der Waals surface area contributed by atoms with Gasteiger partial charge in [0.25, 0.3) is 5.91 Å². The van der Waals surface area contributed by atoms with Gasteiger partial charge in [-0.2, -0.15) is 4.37 Å². The van der Waals surface area contributed by atoms with E-state index >= 15 is 0 Å².